The second-order valence-corrected chi connectivity index (χ2v) is 7.46. The Kier molecular flexibility index (Phi) is 5.17. The lowest BCUT2D eigenvalue weighted by Crippen LogP contribution is -2.38. The lowest BCUT2D eigenvalue weighted by molar-refractivity contribution is -0.120. The molecule has 0 atom stereocenters. The molecule has 1 saturated heterocycles. The Morgan fingerprint density at radius 2 is 2.03 bits per heavy atom. The lowest BCUT2D eigenvalue weighted by atomic mass is 9.95. The van der Waals surface area contributed by atoms with Crippen molar-refractivity contribution in [3.05, 3.63) is 60.9 Å². The number of rotatable bonds is 5. The van der Waals surface area contributed by atoms with E-state index in [4.69, 9.17) is 13.3 Å². The molecule has 1 fully saturated rings. The van der Waals surface area contributed by atoms with Crippen LogP contribution in [-0.2, 0) is 4.79 Å². The number of nitrogens with one attached hydrogen (secondary N) is 1. The third-order valence-corrected chi connectivity index (χ3v) is 5.45. The molecule has 0 saturated carbocycles. The zero-order valence-corrected chi connectivity index (χ0v) is 17.0. The Morgan fingerprint density at radius 1 is 1.16 bits per heavy atom. The predicted octanol–water partition coefficient (Wildman–Crippen LogP) is 4.32. The van der Waals surface area contributed by atoms with Crippen LogP contribution in [0.3, 0.4) is 0 Å². The summed E-state index contributed by atoms with van der Waals surface area (Å²) < 4.78 is 16.4. The van der Waals surface area contributed by atoms with E-state index in [1.807, 2.05) is 29.2 Å². The van der Waals surface area contributed by atoms with E-state index < -0.39 is 0 Å². The van der Waals surface area contributed by atoms with Gasteiger partial charge in [-0.25, -0.2) is 4.98 Å². The highest BCUT2D eigenvalue weighted by atomic mass is 16.4. The molecule has 1 N–H and O–H groups in total. The van der Waals surface area contributed by atoms with Crippen LogP contribution < -0.4 is 10.2 Å². The lowest BCUT2D eigenvalue weighted by Gasteiger charge is -2.31. The van der Waals surface area contributed by atoms with Crippen LogP contribution in [0.25, 0.3) is 23.0 Å². The number of benzene rings is 1. The average Bonchev–Trinajstić information content (AvgIpc) is 3.61. The van der Waals surface area contributed by atoms with Crippen molar-refractivity contribution in [2.45, 2.75) is 12.8 Å². The van der Waals surface area contributed by atoms with Gasteiger partial charge in [0.15, 0.2) is 17.9 Å². The highest BCUT2D eigenvalue weighted by molar-refractivity contribution is 5.93. The first-order valence-electron chi connectivity index (χ1n) is 10.2. The maximum Gasteiger partial charge on any atom is 0.266 e. The van der Waals surface area contributed by atoms with Gasteiger partial charge in [0.05, 0.1) is 12.5 Å². The maximum absolute atomic E-state index is 12.8. The number of carbonyl (C=O) groups excluding carboxylic acids is 1. The second kappa shape index (κ2) is 8.43. The summed E-state index contributed by atoms with van der Waals surface area (Å²) in [6, 6.07) is 13.0. The van der Waals surface area contributed by atoms with E-state index in [0.29, 0.717) is 49.0 Å². The Bertz CT molecular complexity index is 1250. The van der Waals surface area contributed by atoms with Gasteiger partial charge >= 0.3 is 0 Å². The summed E-state index contributed by atoms with van der Waals surface area (Å²) in [5.74, 6) is 1.62. The number of oxazole rings is 2. The summed E-state index contributed by atoms with van der Waals surface area (Å²) in [5, 5.41) is 12.4. The molecule has 0 bridgehead atoms. The van der Waals surface area contributed by atoms with E-state index in [-0.39, 0.29) is 23.4 Å². The molecule has 32 heavy (non-hydrogen) atoms. The fourth-order valence-corrected chi connectivity index (χ4v) is 3.80. The van der Waals surface area contributed by atoms with Crippen LogP contribution in [0.1, 0.15) is 18.5 Å². The quantitative estimate of drug-likeness (QED) is 0.498. The van der Waals surface area contributed by atoms with Crippen molar-refractivity contribution in [2.24, 2.45) is 5.92 Å². The molecule has 4 heterocycles. The third kappa shape index (κ3) is 3.86. The summed E-state index contributed by atoms with van der Waals surface area (Å²) >= 11 is 0. The molecule has 9 nitrogen and oxygen atoms in total. The highest BCUT2D eigenvalue weighted by Crippen LogP contribution is 2.31. The molecule has 0 spiro atoms. The molecule has 9 heteroatoms. The van der Waals surface area contributed by atoms with E-state index in [2.05, 4.69) is 21.4 Å². The Morgan fingerprint density at radius 3 is 2.75 bits per heavy atom. The van der Waals surface area contributed by atoms with Gasteiger partial charge in [0, 0.05) is 30.3 Å². The maximum atomic E-state index is 12.8. The Balaban J connectivity index is 1.23. The van der Waals surface area contributed by atoms with Gasteiger partial charge in [-0.2, -0.15) is 10.2 Å². The van der Waals surface area contributed by atoms with Crippen molar-refractivity contribution in [1.82, 2.24) is 9.97 Å². The largest absolute Gasteiger partial charge is 0.459 e. The molecule has 1 aliphatic heterocycles. The first-order chi connectivity index (χ1) is 15.7. The van der Waals surface area contributed by atoms with Gasteiger partial charge in [0.25, 0.3) is 5.89 Å². The first kappa shape index (κ1) is 19.6. The molecule has 5 rings (SSSR count). The molecular formula is C23H19N5O4. The molecule has 1 aromatic carbocycles. The number of nitrogens with zero attached hydrogens (tertiary/aromatic N) is 4. The van der Waals surface area contributed by atoms with Crippen LogP contribution in [0, 0.1) is 17.2 Å². The molecule has 160 valence electrons. The zero-order chi connectivity index (χ0) is 21.9. The van der Waals surface area contributed by atoms with Crippen molar-refractivity contribution < 1.29 is 18.0 Å². The van der Waals surface area contributed by atoms with E-state index in [9.17, 15) is 10.1 Å². The van der Waals surface area contributed by atoms with E-state index in [1.54, 1.807) is 18.3 Å². The summed E-state index contributed by atoms with van der Waals surface area (Å²) in [4.78, 5) is 22.9. The van der Waals surface area contributed by atoms with Crippen LogP contribution in [0.15, 0.2) is 68.5 Å². The molecule has 1 aliphatic rings. The SMILES string of the molecule is N#Cc1nc(-c2ccco2)oc1N1CCC(C(=O)Nc2cccc(-c3cnco3)c2)CC1. The molecule has 4 aromatic rings. The zero-order valence-electron chi connectivity index (χ0n) is 17.0. The summed E-state index contributed by atoms with van der Waals surface area (Å²) in [7, 11) is 0. The van der Waals surface area contributed by atoms with Crippen molar-refractivity contribution >= 4 is 17.5 Å². The number of anilines is 2. The first-order valence-corrected chi connectivity index (χ1v) is 10.2. The van der Waals surface area contributed by atoms with Crippen molar-refractivity contribution in [2.75, 3.05) is 23.3 Å². The van der Waals surface area contributed by atoms with Gasteiger partial charge in [-0.1, -0.05) is 12.1 Å². The number of hydrogen-bond acceptors (Lipinski definition) is 8. The number of aromatic nitrogens is 2. The van der Waals surface area contributed by atoms with Crippen molar-refractivity contribution in [3.8, 4) is 29.0 Å². The van der Waals surface area contributed by atoms with Crippen molar-refractivity contribution in [3.63, 3.8) is 0 Å². The minimum absolute atomic E-state index is 0.0336. The minimum Gasteiger partial charge on any atom is -0.459 e. The van der Waals surface area contributed by atoms with Gasteiger partial charge in [0.1, 0.15) is 6.07 Å². The normalized spacial score (nSPS) is 14.3. The molecule has 0 aliphatic carbocycles. The van der Waals surface area contributed by atoms with Crippen LogP contribution in [0.2, 0.25) is 0 Å². The fraction of sp³-hybridized carbons (Fsp3) is 0.217. The van der Waals surface area contributed by atoms with Crippen LogP contribution in [-0.4, -0.2) is 29.0 Å². The number of piperidine rings is 1. The predicted molar refractivity (Wildman–Crippen MR) is 114 cm³/mol. The van der Waals surface area contributed by atoms with Gasteiger partial charge in [0.2, 0.25) is 17.5 Å². The number of carbonyl (C=O) groups is 1. The Hall–Kier alpha value is -4.32. The van der Waals surface area contributed by atoms with Crippen molar-refractivity contribution in [1.29, 1.82) is 5.26 Å². The summed E-state index contributed by atoms with van der Waals surface area (Å²) in [6.07, 6.45) is 5.80. The number of amides is 1. The third-order valence-electron chi connectivity index (χ3n) is 5.45. The van der Waals surface area contributed by atoms with E-state index >= 15 is 0 Å². The van der Waals surface area contributed by atoms with Gasteiger partial charge < -0.3 is 23.5 Å². The molecular weight excluding hydrogens is 410 g/mol. The summed E-state index contributed by atoms with van der Waals surface area (Å²) in [6.45, 7) is 1.16. The molecule has 0 unspecified atom stereocenters. The summed E-state index contributed by atoms with van der Waals surface area (Å²) in [5.41, 5.74) is 1.76. The average molecular weight is 429 g/mol. The van der Waals surface area contributed by atoms with Crippen LogP contribution >= 0.6 is 0 Å². The number of furan rings is 1. The molecule has 0 radical (unpaired) electrons. The van der Waals surface area contributed by atoms with Crippen LogP contribution in [0.5, 0.6) is 0 Å². The Labute approximate surface area is 183 Å². The minimum atomic E-state index is -0.141. The van der Waals surface area contributed by atoms with Gasteiger partial charge in [-0.05, 0) is 37.1 Å². The standard InChI is InChI=1S/C23H19N5O4/c24-12-18-23(32-22(27-18)19-5-2-10-30-19)28-8-6-15(7-9-28)21(29)26-17-4-1-3-16(11-17)20-13-25-14-31-20/h1-5,10-11,13-15H,6-9H2,(H,26,29). The number of hydrogen-bond donors (Lipinski definition) is 1. The second-order valence-electron chi connectivity index (χ2n) is 7.46. The number of nitriles is 1. The topological polar surface area (TPSA) is 121 Å². The van der Waals surface area contributed by atoms with Gasteiger partial charge in [-0.3, -0.25) is 4.79 Å². The monoisotopic (exact) mass is 429 g/mol. The smallest absolute Gasteiger partial charge is 0.266 e. The molecule has 3 aromatic heterocycles. The van der Waals surface area contributed by atoms with E-state index in [1.165, 1.54) is 12.7 Å². The molecule has 1 amide bonds. The highest BCUT2D eigenvalue weighted by Gasteiger charge is 2.29. The van der Waals surface area contributed by atoms with Gasteiger partial charge in [-0.15, -0.1) is 0 Å². The fourth-order valence-electron chi connectivity index (χ4n) is 3.80. The van der Waals surface area contributed by atoms with E-state index in [0.717, 1.165) is 5.56 Å². The van der Waals surface area contributed by atoms with Crippen LogP contribution in [0.4, 0.5) is 11.6 Å².